The second-order valence-electron chi connectivity index (χ2n) is 6.91. The molecule has 10 heteroatoms. The molecule has 1 amide bonds. The van der Waals surface area contributed by atoms with E-state index in [9.17, 15) is 18.0 Å². The molecule has 2 N–H and O–H groups in total. The van der Waals surface area contributed by atoms with Crippen molar-refractivity contribution in [3.8, 4) is 5.82 Å². The van der Waals surface area contributed by atoms with Crippen LogP contribution in [0.2, 0.25) is 0 Å². The summed E-state index contributed by atoms with van der Waals surface area (Å²) in [7, 11) is 0. The lowest BCUT2D eigenvalue weighted by Crippen LogP contribution is -2.12. The zero-order chi connectivity index (χ0) is 22.7. The third-order valence-electron chi connectivity index (χ3n) is 4.50. The molecule has 0 saturated carbocycles. The normalized spacial score (nSPS) is 11.2. The zero-order valence-electron chi connectivity index (χ0n) is 16.8. The number of amides is 1. The van der Waals surface area contributed by atoms with Crippen molar-refractivity contribution < 1.29 is 18.0 Å². The number of alkyl halides is 3. The number of hydrogen-bond acceptors (Lipinski definition) is 5. The molecule has 0 aliphatic carbocycles. The van der Waals surface area contributed by atoms with E-state index in [-0.39, 0.29) is 5.56 Å². The maximum Gasteiger partial charge on any atom is 0.416 e. The number of aryl methyl sites for hydroxylation is 1. The fourth-order valence-electron chi connectivity index (χ4n) is 2.86. The van der Waals surface area contributed by atoms with Crippen LogP contribution in [0.5, 0.6) is 0 Å². The van der Waals surface area contributed by atoms with Gasteiger partial charge in [-0.1, -0.05) is 0 Å². The largest absolute Gasteiger partial charge is 0.416 e. The molecule has 4 rings (SSSR count). The van der Waals surface area contributed by atoms with Crippen LogP contribution in [0, 0.1) is 6.92 Å². The third-order valence-corrected chi connectivity index (χ3v) is 4.50. The highest BCUT2D eigenvalue weighted by molar-refractivity contribution is 6.04. The Labute approximate surface area is 180 Å². The summed E-state index contributed by atoms with van der Waals surface area (Å²) in [5, 5.41) is 18.3. The van der Waals surface area contributed by atoms with Crippen LogP contribution in [-0.2, 0) is 6.18 Å². The van der Waals surface area contributed by atoms with Gasteiger partial charge in [-0.2, -0.15) is 18.3 Å². The Morgan fingerprint density at radius 2 is 1.56 bits per heavy atom. The molecule has 0 radical (unpaired) electrons. The molecule has 32 heavy (non-hydrogen) atoms. The van der Waals surface area contributed by atoms with E-state index >= 15 is 0 Å². The number of benzene rings is 2. The van der Waals surface area contributed by atoms with Crippen molar-refractivity contribution >= 4 is 23.1 Å². The Hall–Kier alpha value is -4.21. The van der Waals surface area contributed by atoms with E-state index in [2.05, 4.69) is 25.9 Å². The van der Waals surface area contributed by atoms with Crippen molar-refractivity contribution in [1.82, 2.24) is 20.0 Å². The molecule has 0 aliphatic heterocycles. The summed E-state index contributed by atoms with van der Waals surface area (Å²) in [5.41, 5.74) is 1.41. The van der Waals surface area contributed by atoms with Gasteiger partial charge in [0.25, 0.3) is 5.91 Å². The van der Waals surface area contributed by atoms with Gasteiger partial charge in [-0.25, -0.2) is 4.68 Å². The maximum absolute atomic E-state index is 12.6. The van der Waals surface area contributed by atoms with Crippen LogP contribution in [0.25, 0.3) is 5.82 Å². The second kappa shape index (κ2) is 8.50. The highest BCUT2D eigenvalue weighted by atomic mass is 19.4. The Kier molecular flexibility index (Phi) is 5.59. The summed E-state index contributed by atoms with van der Waals surface area (Å²) in [6, 6.07) is 16.2. The average Bonchev–Trinajstić information content (AvgIpc) is 3.21. The van der Waals surface area contributed by atoms with Gasteiger partial charge in [-0.15, -0.1) is 10.2 Å². The fraction of sp³-hybridized carbons (Fsp3) is 0.0909. The Bertz CT molecular complexity index is 1220. The van der Waals surface area contributed by atoms with Gasteiger partial charge in [-0.05, 0) is 73.7 Å². The summed E-state index contributed by atoms with van der Waals surface area (Å²) >= 11 is 0. The first-order valence-electron chi connectivity index (χ1n) is 9.50. The van der Waals surface area contributed by atoms with Crippen LogP contribution < -0.4 is 10.6 Å². The summed E-state index contributed by atoms with van der Waals surface area (Å²) in [5.74, 6) is 0.610. The lowest BCUT2D eigenvalue weighted by Gasteiger charge is -2.10. The van der Waals surface area contributed by atoms with E-state index in [1.54, 1.807) is 47.3 Å². The van der Waals surface area contributed by atoms with Crippen molar-refractivity contribution in [1.29, 1.82) is 0 Å². The average molecular weight is 438 g/mol. The molecule has 0 unspecified atom stereocenters. The molecule has 0 fully saturated rings. The second-order valence-corrected chi connectivity index (χ2v) is 6.91. The van der Waals surface area contributed by atoms with Crippen molar-refractivity contribution in [2.75, 3.05) is 10.6 Å². The Morgan fingerprint density at radius 3 is 2.12 bits per heavy atom. The minimum Gasteiger partial charge on any atom is -0.339 e. The number of anilines is 3. The van der Waals surface area contributed by atoms with Gasteiger partial charge in [0.15, 0.2) is 11.6 Å². The number of nitrogens with one attached hydrogen (secondary N) is 2. The molecule has 4 aromatic rings. The number of carbonyl (C=O) groups is 1. The molecule has 0 spiro atoms. The molecule has 0 saturated heterocycles. The van der Waals surface area contributed by atoms with Crippen LogP contribution in [-0.4, -0.2) is 25.9 Å². The van der Waals surface area contributed by atoms with Gasteiger partial charge in [0.2, 0.25) is 0 Å². The molecular weight excluding hydrogens is 421 g/mol. The standard InChI is InChI=1S/C22H17F3N6O/c1-14-12-13-31(30-14)20-11-10-19(28-29-20)26-17-6-8-18(9-7-17)27-21(32)15-2-4-16(5-3-15)22(23,24)25/h2-13H,1H3,(H,26,28)(H,27,32). The van der Waals surface area contributed by atoms with E-state index in [1.165, 1.54) is 0 Å². The molecule has 2 aromatic heterocycles. The number of nitrogens with zero attached hydrogens (tertiary/aromatic N) is 4. The predicted octanol–water partition coefficient (Wildman–Crippen LogP) is 4.99. The summed E-state index contributed by atoms with van der Waals surface area (Å²) in [4.78, 5) is 12.3. The van der Waals surface area contributed by atoms with Gasteiger partial charge in [0.05, 0.1) is 11.3 Å². The van der Waals surface area contributed by atoms with Crippen molar-refractivity contribution in [2.24, 2.45) is 0 Å². The molecule has 0 atom stereocenters. The molecular formula is C22H17F3N6O. The number of carbonyl (C=O) groups excluding carboxylic acids is 1. The molecule has 2 aromatic carbocycles. The summed E-state index contributed by atoms with van der Waals surface area (Å²) in [6.07, 6.45) is -2.65. The van der Waals surface area contributed by atoms with Gasteiger partial charge >= 0.3 is 6.18 Å². The van der Waals surface area contributed by atoms with E-state index in [0.717, 1.165) is 35.6 Å². The minimum absolute atomic E-state index is 0.128. The van der Waals surface area contributed by atoms with E-state index in [1.807, 2.05) is 13.0 Å². The molecule has 7 nitrogen and oxygen atoms in total. The van der Waals surface area contributed by atoms with Gasteiger partial charge in [0.1, 0.15) is 0 Å². The van der Waals surface area contributed by atoms with Crippen LogP contribution in [0.15, 0.2) is 72.9 Å². The van der Waals surface area contributed by atoms with E-state index in [0.29, 0.717) is 17.3 Å². The molecule has 2 heterocycles. The first-order valence-corrected chi connectivity index (χ1v) is 9.50. The molecule has 0 bridgehead atoms. The van der Waals surface area contributed by atoms with Crippen LogP contribution >= 0.6 is 0 Å². The first-order chi connectivity index (χ1) is 15.3. The Morgan fingerprint density at radius 1 is 0.875 bits per heavy atom. The van der Waals surface area contributed by atoms with Crippen molar-refractivity contribution in [3.63, 3.8) is 0 Å². The molecule has 162 valence electrons. The highest BCUT2D eigenvalue weighted by Crippen LogP contribution is 2.29. The van der Waals surface area contributed by atoms with Crippen LogP contribution in [0.1, 0.15) is 21.6 Å². The van der Waals surface area contributed by atoms with Crippen LogP contribution in [0.3, 0.4) is 0 Å². The lowest BCUT2D eigenvalue weighted by molar-refractivity contribution is -0.137. The van der Waals surface area contributed by atoms with E-state index in [4.69, 9.17) is 0 Å². The Balaban J connectivity index is 1.37. The number of halogens is 3. The minimum atomic E-state index is -4.44. The fourth-order valence-corrected chi connectivity index (χ4v) is 2.86. The maximum atomic E-state index is 12.6. The van der Waals surface area contributed by atoms with Gasteiger partial charge in [0, 0.05) is 23.1 Å². The third kappa shape index (κ3) is 4.91. The quantitative estimate of drug-likeness (QED) is 0.459. The molecule has 0 aliphatic rings. The summed E-state index contributed by atoms with van der Waals surface area (Å²) in [6.45, 7) is 1.88. The van der Waals surface area contributed by atoms with Gasteiger partial charge < -0.3 is 10.6 Å². The van der Waals surface area contributed by atoms with Gasteiger partial charge in [-0.3, -0.25) is 4.79 Å². The predicted molar refractivity (Wildman–Crippen MR) is 113 cm³/mol. The van der Waals surface area contributed by atoms with E-state index < -0.39 is 17.6 Å². The number of hydrogen-bond donors (Lipinski definition) is 2. The highest BCUT2D eigenvalue weighted by Gasteiger charge is 2.30. The van der Waals surface area contributed by atoms with Crippen LogP contribution in [0.4, 0.5) is 30.4 Å². The monoisotopic (exact) mass is 438 g/mol. The topological polar surface area (TPSA) is 84.7 Å². The number of rotatable bonds is 5. The zero-order valence-corrected chi connectivity index (χ0v) is 16.8. The first kappa shape index (κ1) is 21.0. The number of aromatic nitrogens is 4. The lowest BCUT2D eigenvalue weighted by atomic mass is 10.1. The van der Waals surface area contributed by atoms with Crippen molar-refractivity contribution in [3.05, 3.63) is 89.7 Å². The van der Waals surface area contributed by atoms with Crippen molar-refractivity contribution in [2.45, 2.75) is 13.1 Å². The SMILES string of the molecule is Cc1ccn(-c2ccc(Nc3ccc(NC(=O)c4ccc(C(F)(F)F)cc4)cc3)nn2)n1. The summed E-state index contributed by atoms with van der Waals surface area (Å²) < 4.78 is 39.5. The smallest absolute Gasteiger partial charge is 0.339 e.